The van der Waals surface area contributed by atoms with Crippen molar-refractivity contribution in [3.05, 3.63) is 16.4 Å². The number of hydrogen-bond donors (Lipinski definition) is 2. The minimum atomic E-state index is -0.644. The van der Waals surface area contributed by atoms with Gasteiger partial charge in [0, 0.05) is 0 Å². The molecular formula is C3H4N2O3. The first kappa shape index (κ1) is 5.04. The van der Waals surface area contributed by atoms with E-state index in [1.54, 1.807) is 0 Å². The normalized spacial score (nSPS) is 9.62. The predicted molar refractivity (Wildman–Crippen MR) is 23.0 cm³/mol. The van der Waals surface area contributed by atoms with Gasteiger partial charge in [-0.25, -0.2) is 9.89 Å². The molecule has 0 aliphatic carbocycles. The van der Waals surface area contributed by atoms with Crippen LogP contribution in [0.5, 0.6) is 0 Å². The number of rotatable bonds is 1. The van der Waals surface area contributed by atoms with Crippen molar-refractivity contribution in [2.45, 2.75) is 6.61 Å². The van der Waals surface area contributed by atoms with Gasteiger partial charge in [-0.1, -0.05) is 0 Å². The minimum absolute atomic E-state index is 0.00926. The van der Waals surface area contributed by atoms with Gasteiger partial charge in [0.1, 0.15) is 6.61 Å². The lowest BCUT2D eigenvalue weighted by atomic mass is 10.7. The van der Waals surface area contributed by atoms with Gasteiger partial charge >= 0.3 is 5.76 Å². The van der Waals surface area contributed by atoms with Gasteiger partial charge in [-0.05, 0) is 0 Å². The third kappa shape index (κ3) is 0.760. The maximum atomic E-state index is 10.1. The highest BCUT2D eigenvalue weighted by Crippen LogP contribution is 1.82. The molecule has 0 aliphatic rings. The Morgan fingerprint density at radius 1 is 1.88 bits per heavy atom. The van der Waals surface area contributed by atoms with Crippen LogP contribution in [0.1, 0.15) is 5.89 Å². The summed E-state index contributed by atoms with van der Waals surface area (Å²) in [6.45, 7) is -0.348. The summed E-state index contributed by atoms with van der Waals surface area (Å²) in [5, 5.41) is 13.5. The van der Waals surface area contributed by atoms with Gasteiger partial charge in [-0.3, -0.25) is 0 Å². The van der Waals surface area contributed by atoms with Crippen molar-refractivity contribution < 1.29 is 9.52 Å². The molecule has 8 heavy (non-hydrogen) atoms. The van der Waals surface area contributed by atoms with Crippen LogP contribution in [0.25, 0.3) is 0 Å². The van der Waals surface area contributed by atoms with Crippen LogP contribution in [0.2, 0.25) is 0 Å². The molecular weight excluding hydrogens is 112 g/mol. The molecule has 0 unspecified atom stereocenters. The molecule has 5 nitrogen and oxygen atoms in total. The van der Waals surface area contributed by atoms with E-state index in [1.807, 2.05) is 5.10 Å². The van der Waals surface area contributed by atoms with Crippen molar-refractivity contribution >= 4 is 0 Å². The fourth-order valence-corrected chi connectivity index (χ4v) is 0.328. The fraction of sp³-hybridized carbons (Fsp3) is 0.333. The molecule has 5 heteroatoms. The second-order valence-electron chi connectivity index (χ2n) is 1.16. The fourth-order valence-electron chi connectivity index (χ4n) is 0.328. The number of nitrogens with one attached hydrogen (secondary N) is 1. The molecule has 0 bridgehead atoms. The quantitative estimate of drug-likeness (QED) is 0.485. The molecule has 1 rings (SSSR count). The van der Waals surface area contributed by atoms with Gasteiger partial charge in [-0.15, -0.1) is 5.10 Å². The first-order valence-electron chi connectivity index (χ1n) is 1.98. The van der Waals surface area contributed by atoms with E-state index in [1.165, 1.54) is 0 Å². The Bertz CT molecular complexity index is 212. The van der Waals surface area contributed by atoms with Crippen LogP contribution in [0.3, 0.4) is 0 Å². The minimum Gasteiger partial charge on any atom is -0.390 e. The lowest BCUT2D eigenvalue weighted by Gasteiger charge is -1.74. The Labute approximate surface area is 44.0 Å². The highest BCUT2D eigenvalue weighted by atomic mass is 16.4. The van der Waals surface area contributed by atoms with Crippen LogP contribution < -0.4 is 5.76 Å². The average Bonchev–Trinajstić information content (AvgIpc) is 2.14. The van der Waals surface area contributed by atoms with E-state index in [2.05, 4.69) is 9.52 Å². The Balaban J connectivity index is 3.01. The van der Waals surface area contributed by atoms with E-state index in [9.17, 15) is 4.79 Å². The van der Waals surface area contributed by atoms with Crippen molar-refractivity contribution in [2.75, 3.05) is 0 Å². The molecule has 0 saturated heterocycles. The molecule has 1 aromatic rings. The molecule has 0 atom stereocenters. The second-order valence-corrected chi connectivity index (χ2v) is 1.16. The summed E-state index contributed by atoms with van der Waals surface area (Å²) < 4.78 is 4.26. The summed E-state index contributed by atoms with van der Waals surface area (Å²) in [7, 11) is 0. The van der Waals surface area contributed by atoms with Crippen LogP contribution in [0, 0.1) is 0 Å². The highest BCUT2D eigenvalue weighted by molar-refractivity contribution is 4.65. The van der Waals surface area contributed by atoms with E-state index < -0.39 is 5.76 Å². The number of aliphatic hydroxyl groups is 1. The summed E-state index contributed by atoms with van der Waals surface area (Å²) in [4.78, 5) is 10.1. The lowest BCUT2D eigenvalue weighted by Crippen LogP contribution is -1.93. The molecule has 1 heterocycles. The van der Waals surface area contributed by atoms with Gasteiger partial charge in [0.15, 0.2) is 0 Å². The van der Waals surface area contributed by atoms with E-state index in [4.69, 9.17) is 5.11 Å². The average molecular weight is 116 g/mol. The number of nitrogens with zero attached hydrogens (tertiary/aromatic N) is 1. The van der Waals surface area contributed by atoms with Gasteiger partial charge in [0.25, 0.3) is 0 Å². The number of aliphatic hydroxyl groups excluding tert-OH is 1. The van der Waals surface area contributed by atoms with Crippen LogP contribution in [0.15, 0.2) is 9.21 Å². The molecule has 0 saturated carbocycles. The zero-order valence-electron chi connectivity index (χ0n) is 3.92. The number of aromatic amines is 1. The van der Waals surface area contributed by atoms with Gasteiger partial charge < -0.3 is 9.52 Å². The van der Waals surface area contributed by atoms with Crippen LogP contribution in [0.4, 0.5) is 0 Å². The van der Waals surface area contributed by atoms with E-state index >= 15 is 0 Å². The Kier molecular flexibility index (Phi) is 1.13. The van der Waals surface area contributed by atoms with Crippen LogP contribution in [-0.4, -0.2) is 15.3 Å². The monoisotopic (exact) mass is 116 g/mol. The maximum Gasteiger partial charge on any atom is 0.434 e. The van der Waals surface area contributed by atoms with E-state index in [0.717, 1.165) is 0 Å². The van der Waals surface area contributed by atoms with E-state index in [-0.39, 0.29) is 12.5 Å². The highest BCUT2D eigenvalue weighted by Gasteiger charge is 1.94. The SMILES string of the molecule is O=c1[nH]nc(CO)o1. The molecule has 0 spiro atoms. The third-order valence-corrected chi connectivity index (χ3v) is 0.618. The molecule has 0 radical (unpaired) electrons. The Hall–Kier alpha value is -1.10. The zero-order chi connectivity index (χ0) is 5.98. The Morgan fingerprint density at radius 3 is 2.88 bits per heavy atom. The van der Waals surface area contributed by atoms with Gasteiger partial charge in [-0.2, -0.15) is 0 Å². The molecule has 1 aromatic heterocycles. The van der Waals surface area contributed by atoms with Crippen molar-refractivity contribution in [3.63, 3.8) is 0 Å². The number of H-pyrrole nitrogens is 1. The summed E-state index contributed by atoms with van der Waals surface area (Å²) in [6.07, 6.45) is 0. The van der Waals surface area contributed by atoms with E-state index in [0.29, 0.717) is 0 Å². The van der Waals surface area contributed by atoms with Crippen LogP contribution >= 0.6 is 0 Å². The summed E-state index contributed by atoms with van der Waals surface area (Å²) in [5.74, 6) is -0.635. The summed E-state index contributed by atoms with van der Waals surface area (Å²) in [6, 6.07) is 0. The molecule has 2 N–H and O–H groups in total. The first-order chi connectivity index (χ1) is 3.83. The van der Waals surface area contributed by atoms with Crippen molar-refractivity contribution in [3.8, 4) is 0 Å². The summed E-state index contributed by atoms with van der Waals surface area (Å²) in [5.41, 5.74) is 0. The zero-order valence-corrected chi connectivity index (χ0v) is 3.92. The molecule has 44 valence electrons. The van der Waals surface area contributed by atoms with Gasteiger partial charge in [0.05, 0.1) is 0 Å². The maximum absolute atomic E-state index is 10.1. The largest absolute Gasteiger partial charge is 0.434 e. The molecule has 0 amide bonds. The smallest absolute Gasteiger partial charge is 0.390 e. The van der Waals surface area contributed by atoms with Crippen molar-refractivity contribution in [2.24, 2.45) is 0 Å². The number of hydrogen-bond acceptors (Lipinski definition) is 4. The molecule has 0 aromatic carbocycles. The van der Waals surface area contributed by atoms with Gasteiger partial charge in [0.2, 0.25) is 5.89 Å². The Morgan fingerprint density at radius 2 is 2.62 bits per heavy atom. The first-order valence-corrected chi connectivity index (χ1v) is 1.98. The molecule has 0 fully saturated rings. The number of aromatic nitrogens is 2. The summed E-state index contributed by atoms with van der Waals surface area (Å²) >= 11 is 0. The standard InChI is InChI=1S/C3H4N2O3/c6-1-2-4-5-3(7)8-2/h6H,1H2,(H,5,7). The predicted octanol–water partition coefficient (Wildman–Crippen LogP) is -1.14. The third-order valence-electron chi connectivity index (χ3n) is 0.618. The second kappa shape index (κ2) is 1.79. The topological polar surface area (TPSA) is 79.1 Å². The van der Waals surface area contributed by atoms with Crippen molar-refractivity contribution in [1.29, 1.82) is 0 Å². The van der Waals surface area contributed by atoms with Crippen LogP contribution in [-0.2, 0) is 6.61 Å². The molecule has 0 aliphatic heterocycles. The lowest BCUT2D eigenvalue weighted by molar-refractivity contribution is 0.237. The van der Waals surface area contributed by atoms with Crippen molar-refractivity contribution in [1.82, 2.24) is 10.2 Å².